The van der Waals surface area contributed by atoms with Crippen LogP contribution in [-0.4, -0.2) is 44.7 Å². The minimum atomic E-state index is -1.17. The number of nitrogens with zero attached hydrogens (tertiary/aromatic N) is 1. The first-order valence-corrected chi connectivity index (χ1v) is 4.74. The van der Waals surface area contributed by atoms with Gasteiger partial charge in [-0.25, -0.2) is 13.8 Å². The molecule has 0 aliphatic carbocycles. The summed E-state index contributed by atoms with van der Waals surface area (Å²) in [6.45, 7) is -2.70. The minimum absolute atomic E-state index is 0.418. The van der Waals surface area contributed by atoms with E-state index < -0.39 is 49.0 Å². The first-order chi connectivity index (χ1) is 8.46. The third-order valence-corrected chi connectivity index (χ3v) is 1.75. The summed E-state index contributed by atoms with van der Waals surface area (Å²) in [5.74, 6) is -2.25. The fourth-order valence-corrected chi connectivity index (χ4v) is 0.776. The molecule has 102 valence electrons. The second kappa shape index (κ2) is 7.98. The topological polar surface area (TPSA) is 120 Å². The van der Waals surface area contributed by atoms with Gasteiger partial charge in [0.25, 0.3) is 5.91 Å². The SMILES string of the molecule is COC(=O)CNC(=O)C(N)=N/C(CF)=C(\N)CF. The molecule has 1 amide bonds. The molecule has 0 unspecified atom stereocenters. The molecule has 0 saturated carbocycles. The molecule has 0 radical (unpaired) electrons. The summed E-state index contributed by atoms with van der Waals surface area (Å²) in [6, 6.07) is 0. The van der Waals surface area contributed by atoms with Gasteiger partial charge in [-0.3, -0.25) is 9.59 Å². The lowest BCUT2D eigenvalue weighted by atomic mass is 10.3. The number of ether oxygens (including phenoxy) is 1. The van der Waals surface area contributed by atoms with E-state index in [1.807, 2.05) is 0 Å². The molecule has 0 spiro atoms. The Bertz CT molecular complexity index is 382. The molecule has 0 rings (SSSR count). The number of hydrogen-bond acceptors (Lipinski definition) is 5. The number of amidine groups is 1. The lowest BCUT2D eigenvalue weighted by Crippen LogP contribution is -2.39. The van der Waals surface area contributed by atoms with Crippen molar-refractivity contribution < 1.29 is 23.1 Å². The van der Waals surface area contributed by atoms with E-state index in [1.165, 1.54) is 0 Å². The number of aliphatic imine (C=N–C) groups is 1. The third kappa shape index (κ3) is 5.23. The van der Waals surface area contributed by atoms with Crippen LogP contribution in [0.15, 0.2) is 16.4 Å². The molecule has 0 heterocycles. The summed E-state index contributed by atoms with van der Waals surface area (Å²) < 4.78 is 28.8. The quantitative estimate of drug-likeness (QED) is 0.325. The molecule has 0 bridgehead atoms. The number of methoxy groups -OCH3 is 1. The lowest BCUT2D eigenvalue weighted by molar-refractivity contribution is -0.140. The van der Waals surface area contributed by atoms with Crippen LogP contribution in [-0.2, 0) is 14.3 Å². The second-order valence-corrected chi connectivity index (χ2v) is 3.00. The molecule has 0 fully saturated rings. The Balaban J connectivity index is 4.67. The van der Waals surface area contributed by atoms with Crippen LogP contribution in [0.2, 0.25) is 0 Å². The van der Waals surface area contributed by atoms with Gasteiger partial charge in [-0.15, -0.1) is 0 Å². The van der Waals surface area contributed by atoms with Crippen LogP contribution < -0.4 is 16.8 Å². The summed E-state index contributed by atoms with van der Waals surface area (Å²) in [7, 11) is 1.14. The van der Waals surface area contributed by atoms with Crippen molar-refractivity contribution in [2.24, 2.45) is 16.5 Å². The summed E-state index contributed by atoms with van der Waals surface area (Å²) in [5, 5.41) is 2.07. The number of carbonyl (C=O) groups is 2. The smallest absolute Gasteiger partial charge is 0.325 e. The molecule has 5 N–H and O–H groups in total. The molecular formula is C9H14F2N4O3. The number of esters is 1. The van der Waals surface area contributed by atoms with Crippen molar-refractivity contribution in [3.05, 3.63) is 11.4 Å². The number of nitrogens with one attached hydrogen (secondary N) is 1. The van der Waals surface area contributed by atoms with Crippen LogP contribution >= 0.6 is 0 Å². The van der Waals surface area contributed by atoms with Crippen LogP contribution in [0.5, 0.6) is 0 Å². The fraction of sp³-hybridized carbons (Fsp3) is 0.444. The van der Waals surface area contributed by atoms with Gasteiger partial charge >= 0.3 is 5.97 Å². The summed E-state index contributed by atoms with van der Waals surface area (Å²) >= 11 is 0. The molecule has 0 saturated heterocycles. The Labute approximate surface area is 102 Å². The highest BCUT2D eigenvalue weighted by Crippen LogP contribution is 2.02. The molecular weight excluding hydrogens is 250 g/mol. The normalized spacial score (nSPS) is 12.7. The van der Waals surface area contributed by atoms with Crippen LogP contribution in [0.25, 0.3) is 0 Å². The Morgan fingerprint density at radius 2 is 1.89 bits per heavy atom. The summed E-state index contributed by atoms with van der Waals surface area (Å²) in [6.07, 6.45) is 0. The van der Waals surface area contributed by atoms with Gasteiger partial charge in [-0.1, -0.05) is 0 Å². The Morgan fingerprint density at radius 3 is 2.33 bits per heavy atom. The van der Waals surface area contributed by atoms with Crippen molar-refractivity contribution in [2.75, 3.05) is 27.0 Å². The first-order valence-electron chi connectivity index (χ1n) is 4.74. The predicted molar refractivity (Wildman–Crippen MR) is 59.8 cm³/mol. The number of amides is 1. The van der Waals surface area contributed by atoms with Crippen molar-refractivity contribution in [1.29, 1.82) is 0 Å². The standard InChI is InChI=1S/C9H14F2N4O3/c1-18-7(16)4-14-9(17)8(13)15-6(3-11)5(12)2-10/h2-4,12H2,1H3,(H2,13,15)(H,14,17)/b6-5-. The average molecular weight is 264 g/mol. The highest BCUT2D eigenvalue weighted by molar-refractivity contribution is 6.37. The third-order valence-electron chi connectivity index (χ3n) is 1.75. The Morgan fingerprint density at radius 1 is 1.28 bits per heavy atom. The van der Waals surface area contributed by atoms with Gasteiger partial charge in [0.05, 0.1) is 18.5 Å². The number of alkyl halides is 2. The van der Waals surface area contributed by atoms with Crippen LogP contribution in [0.1, 0.15) is 0 Å². The summed E-state index contributed by atoms with van der Waals surface area (Å²) in [4.78, 5) is 25.3. The van der Waals surface area contributed by atoms with Crippen molar-refractivity contribution in [2.45, 2.75) is 0 Å². The molecule has 18 heavy (non-hydrogen) atoms. The minimum Gasteiger partial charge on any atom is -0.468 e. The van der Waals surface area contributed by atoms with E-state index in [0.29, 0.717) is 0 Å². The molecule has 0 aromatic heterocycles. The molecule has 0 atom stereocenters. The van der Waals surface area contributed by atoms with Crippen molar-refractivity contribution >= 4 is 17.7 Å². The Hall–Kier alpha value is -2.19. The average Bonchev–Trinajstić information content (AvgIpc) is 2.40. The predicted octanol–water partition coefficient (Wildman–Crippen LogP) is -1.26. The zero-order valence-electron chi connectivity index (χ0n) is 9.70. The largest absolute Gasteiger partial charge is 0.468 e. The molecule has 0 aromatic rings. The zero-order chi connectivity index (χ0) is 14.1. The van der Waals surface area contributed by atoms with E-state index in [2.05, 4.69) is 15.0 Å². The molecule has 0 aliphatic heterocycles. The van der Waals surface area contributed by atoms with Crippen LogP contribution in [0.3, 0.4) is 0 Å². The Kier molecular flexibility index (Phi) is 7.01. The van der Waals surface area contributed by atoms with Crippen molar-refractivity contribution in [3.63, 3.8) is 0 Å². The van der Waals surface area contributed by atoms with E-state index in [1.54, 1.807) is 0 Å². The number of carbonyl (C=O) groups excluding carboxylic acids is 2. The van der Waals surface area contributed by atoms with E-state index in [4.69, 9.17) is 11.5 Å². The first kappa shape index (κ1) is 15.8. The van der Waals surface area contributed by atoms with E-state index in [0.717, 1.165) is 7.11 Å². The van der Waals surface area contributed by atoms with Crippen molar-refractivity contribution in [1.82, 2.24) is 5.32 Å². The van der Waals surface area contributed by atoms with E-state index >= 15 is 0 Å². The monoisotopic (exact) mass is 264 g/mol. The van der Waals surface area contributed by atoms with E-state index in [9.17, 15) is 18.4 Å². The van der Waals surface area contributed by atoms with Gasteiger partial charge in [0.2, 0.25) is 0 Å². The molecule has 0 aromatic carbocycles. The highest BCUT2D eigenvalue weighted by Gasteiger charge is 2.11. The van der Waals surface area contributed by atoms with E-state index in [-0.39, 0.29) is 0 Å². The van der Waals surface area contributed by atoms with Gasteiger partial charge in [0.15, 0.2) is 5.84 Å². The highest BCUT2D eigenvalue weighted by atomic mass is 19.1. The zero-order valence-corrected chi connectivity index (χ0v) is 9.70. The maximum Gasteiger partial charge on any atom is 0.325 e. The number of allylic oxidation sites excluding steroid dienone is 2. The number of halogens is 2. The van der Waals surface area contributed by atoms with Gasteiger partial charge in [-0.05, 0) is 0 Å². The summed E-state index contributed by atoms with van der Waals surface area (Å²) in [5.41, 5.74) is 9.41. The molecule has 0 aliphatic rings. The molecule has 7 nitrogen and oxygen atoms in total. The van der Waals surface area contributed by atoms with Gasteiger partial charge in [0.1, 0.15) is 19.9 Å². The maximum atomic E-state index is 12.4. The second-order valence-electron chi connectivity index (χ2n) is 3.00. The lowest BCUT2D eigenvalue weighted by Gasteiger charge is -2.05. The number of nitrogens with two attached hydrogens (primary N) is 2. The molecule has 9 heteroatoms. The number of hydrogen-bond donors (Lipinski definition) is 3. The van der Waals surface area contributed by atoms with Crippen molar-refractivity contribution in [3.8, 4) is 0 Å². The number of rotatable bonds is 5. The fourth-order valence-electron chi connectivity index (χ4n) is 0.776. The van der Waals surface area contributed by atoms with Crippen LogP contribution in [0, 0.1) is 0 Å². The van der Waals surface area contributed by atoms with Crippen LogP contribution in [0.4, 0.5) is 8.78 Å². The maximum absolute atomic E-state index is 12.4. The van der Waals surface area contributed by atoms with Gasteiger partial charge in [-0.2, -0.15) is 0 Å². The van der Waals surface area contributed by atoms with Gasteiger partial charge < -0.3 is 21.5 Å². The van der Waals surface area contributed by atoms with Gasteiger partial charge in [0, 0.05) is 0 Å².